The summed E-state index contributed by atoms with van der Waals surface area (Å²) in [6.45, 7) is 0. The van der Waals surface area contributed by atoms with Crippen molar-refractivity contribution in [3.05, 3.63) is 59.7 Å². The summed E-state index contributed by atoms with van der Waals surface area (Å²) in [5.41, 5.74) is 4.42. The molecule has 16 heavy (non-hydrogen) atoms. The molecule has 0 spiro atoms. The standard InChI is InChI=1S/C10H6.C6H4/c1-3-9-7-5-6-8-10(9)4-2;1-2-6-4-3-5(1)6/h1-2,5-8H;1-4H. The van der Waals surface area contributed by atoms with Crippen LogP contribution < -0.4 is 0 Å². The van der Waals surface area contributed by atoms with E-state index in [4.69, 9.17) is 12.8 Å². The lowest BCUT2D eigenvalue weighted by Crippen LogP contribution is -1.85. The predicted octanol–water partition coefficient (Wildman–Crippen LogP) is 3.32. The number of hydrogen-bond acceptors (Lipinski definition) is 0. The molecule has 0 aromatic heterocycles. The van der Waals surface area contributed by atoms with Crippen molar-refractivity contribution in [1.29, 1.82) is 0 Å². The lowest BCUT2D eigenvalue weighted by molar-refractivity contribution is 1.55. The molecular formula is C16H10. The summed E-state index contributed by atoms with van der Waals surface area (Å²) in [7, 11) is 0. The molecule has 0 saturated heterocycles. The molecule has 0 nitrogen and oxygen atoms in total. The van der Waals surface area contributed by atoms with Crippen molar-refractivity contribution in [2.45, 2.75) is 0 Å². The van der Waals surface area contributed by atoms with Gasteiger partial charge in [0.05, 0.1) is 0 Å². The first kappa shape index (κ1) is 10.1. The minimum atomic E-state index is 0.782. The number of hydrogen-bond donors (Lipinski definition) is 0. The number of fused-ring (bicyclic) bond motifs is 1. The Bertz CT molecular complexity index is 521. The van der Waals surface area contributed by atoms with Gasteiger partial charge in [-0.25, -0.2) is 0 Å². The van der Waals surface area contributed by atoms with Gasteiger partial charge >= 0.3 is 0 Å². The monoisotopic (exact) mass is 202 g/mol. The summed E-state index contributed by atoms with van der Waals surface area (Å²) in [6, 6.07) is 15.9. The van der Waals surface area contributed by atoms with Crippen LogP contribution in [0.5, 0.6) is 0 Å². The van der Waals surface area contributed by atoms with Crippen LogP contribution >= 0.6 is 0 Å². The molecule has 0 saturated carbocycles. The van der Waals surface area contributed by atoms with E-state index in [1.807, 2.05) is 24.3 Å². The van der Waals surface area contributed by atoms with Crippen LogP contribution in [0, 0.1) is 24.7 Å². The average molecular weight is 202 g/mol. The van der Waals surface area contributed by atoms with Gasteiger partial charge in [0.25, 0.3) is 0 Å². The van der Waals surface area contributed by atoms with Crippen molar-refractivity contribution in [2.24, 2.45) is 0 Å². The van der Waals surface area contributed by atoms with Gasteiger partial charge in [0, 0.05) is 11.1 Å². The summed E-state index contributed by atoms with van der Waals surface area (Å²) in [5, 5.41) is 0. The van der Waals surface area contributed by atoms with E-state index in [9.17, 15) is 0 Å². The summed E-state index contributed by atoms with van der Waals surface area (Å²) >= 11 is 0. The van der Waals surface area contributed by atoms with Crippen molar-refractivity contribution in [3.63, 3.8) is 0 Å². The first-order chi connectivity index (χ1) is 7.85. The minimum Gasteiger partial charge on any atom is -0.115 e. The normalized spacial score (nSPS) is 9.12. The molecule has 1 aromatic rings. The van der Waals surface area contributed by atoms with Gasteiger partial charge in [-0.3, -0.25) is 0 Å². The van der Waals surface area contributed by atoms with Crippen molar-refractivity contribution >= 4 is 0 Å². The van der Waals surface area contributed by atoms with Crippen LogP contribution in [0.25, 0.3) is 11.1 Å². The SMILES string of the molecule is C#Cc1ccccc1C#C.c1cc2ccc1-2. The van der Waals surface area contributed by atoms with Gasteiger partial charge in [-0.1, -0.05) is 48.2 Å². The summed E-state index contributed by atoms with van der Waals surface area (Å²) in [6.07, 6.45) is 10.4. The highest BCUT2D eigenvalue weighted by Crippen LogP contribution is 2.29. The molecule has 0 N–H and O–H groups in total. The Morgan fingerprint density at radius 1 is 0.625 bits per heavy atom. The zero-order valence-corrected chi connectivity index (χ0v) is 8.77. The van der Waals surface area contributed by atoms with E-state index in [0.29, 0.717) is 0 Å². The molecule has 0 amide bonds. The highest BCUT2D eigenvalue weighted by atomic mass is 14.1. The summed E-state index contributed by atoms with van der Waals surface area (Å²) in [4.78, 5) is 0. The highest BCUT2D eigenvalue weighted by Gasteiger charge is 2.03. The zero-order valence-electron chi connectivity index (χ0n) is 8.77. The smallest absolute Gasteiger partial charge is 0.0399 e. The Morgan fingerprint density at radius 2 is 1.00 bits per heavy atom. The van der Waals surface area contributed by atoms with E-state index in [1.54, 1.807) is 0 Å². The molecule has 0 heterocycles. The van der Waals surface area contributed by atoms with Gasteiger partial charge in [0.2, 0.25) is 0 Å². The van der Waals surface area contributed by atoms with Gasteiger partial charge in [0.15, 0.2) is 0 Å². The Labute approximate surface area is 95.9 Å². The lowest BCUT2D eigenvalue weighted by atomic mass is 9.95. The Kier molecular flexibility index (Phi) is 2.77. The number of rotatable bonds is 0. The van der Waals surface area contributed by atoms with Gasteiger partial charge < -0.3 is 0 Å². The molecule has 3 rings (SSSR count). The molecule has 74 valence electrons. The van der Waals surface area contributed by atoms with E-state index in [2.05, 4.69) is 36.1 Å². The van der Waals surface area contributed by atoms with Crippen molar-refractivity contribution in [1.82, 2.24) is 0 Å². The molecule has 0 unspecified atom stereocenters. The molecule has 0 radical (unpaired) electrons. The van der Waals surface area contributed by atoms with E-state index >= 15 is 0 Å². The Morgan fingerprint density at radius 3 is 1.19 bits per heavy atom. The first-order valence-electron chi connectivity index (χ1n) is 4.98. The third-order valence-electron chi connectivity index (χ3n) is 2.46. The van der Waals surface area contributed by atoms with Crippen LogP contribution in [0.3, 0.4) is 0 Å². The molecule has 0 aliphatic heterocycles. The molecule has 2 aliphatic rings. The Hall–Kier alpha value is -2.44. The van der Waals surface area contributed by atoms with Gasteiger partial charge in [-0.15, -0.1) is 12.8 Å². The topological polar surface area (TPSA) is 0 Å². The number of terminal acetylenes is 2. The largest absolute Gasteiger partial charge is 0.115 e. The fourth-order valence-electron chi connectivity index (χ4n) is 1.40. The minimum absolute atomic E-state index is 0.782. The molecular weight excluding hydrogens is 192 g/mol. The second-order valence-electron chi connectivity index (χ2n) is 3.41. The van der Waals surface area contributed by atoms with Crippen LogP contribution in [0.2, 0.25) is 0 Å². The van der Waals surface area contributed by atoms with E-state index in [1.165, 1.54) is 11.1 Å². The van der Waals surface area contributed by atoms with Gasteiger partial charge in [0.1, 0.15) is 0 Å². The summed E-state index contributed by atoms with van der Waals surface area (Å²) < 4.78 is 0. The molecule has 0 fully saturated rings. The quantitative estimate of drug-likeness (QED) is 0.490. The highest BCUT2D eigenvalue weighted by molar-refractivity contribution is 5.75. The van der Waals surface area contributed by atoms with Crippen LogP contribution in [0.4, 0.5) is 0 Å². The van der Waals surface area contributed by atoms with Gasteiger partial charge in [-0.2, -0.15) is 0 Å². The summed E-state index contributed by atoms with van der Waals surface area (Å²) in [5.74, 6) is 5.01. The van der Waals surface area contributed by atoms with E-state index < -0.39 is 0 Å². The lowest BCUT2D eigenvalue weighted by Gasteiger charge is -2.10. The second-order valence-corrected chi connectivity index (χ2v) is 3.41. The fraction of sp³-hybridized carbons (Fsp3) is 0. The maximum atomic E-state index is 5.18. The van der Waals surface area contributed by atoms with E-state index in [0.717, 1.165) is 11.1 Å². The van der Waals surface area contributed by atoms with Crippen LogP contribution in [-0.2, 0) is 0 Å². The van der Waals surface area contributed by atoms with Crippen LogP contribution in [-0.4, -0.2) is 0 Å². The average Bonchev–Trinajstić information content (AvgIpc) is 2.34. The van der Waals surface area contributed by atoms with E-state index in [-0.39, 0.29) is 0 Å². The first-order valence-corrected chi connectivity index (χ1v) is 4.98. The maximum Gasteiger partial charge on any atom is 0.0399 e. The zero-order chi connectivity index (χ0) is 11.4. The van der Waals surface area contributed by atoms with Crippen molar-refractivity contribution in [2.75, 3.05) is 0 Å². The molecule has 0 heteroatoms. The van der Waals surface area contributed by atoms with Crippen LogP contribution in [0.1, 0.15) is 11.1 Å². The van der Waals surface area contributed by atoms with Gasteiger partial charge in [-0.05, 0) is 23.3 Å². The molecule has 2 aliphatic carbocycles. The molecule has 0 atom stereocenters. The second kappa shape index (κ2) is 4.39. The van der Waals surface area contributed by atoms with Crippen molar-refractivity contribution < 1.29 is 0 Å². The molecule has 1 aromatic carbocycles. The number of benzene rings is 2. The van der Waals surface area contributed by atoms with Crippen LogP contribution in [0.15, 0.2) is 48.5 Å². The maximum absolute atomic E-state index is 5.18. The molecule has 0 bridgehead atoms. The third kappa shape index (κ3) is 1.83. The fourth-order valence-corrected chi connectivity index (χ4v) is 1.40. The van der Waals surface area contributed by atoms with Crippen molar-refractivity contribution in [3.8, 4) is 35.8 Å². The Balaban J connectivity index is 0.000000134. The predicted molar refractivity (Wildman–Crippen MR) is 67.7 cm³/mol. The third-order valence-corrected chi connectivity index (χ3v) is 2.46.